The van der Waals surface area contributed by atoms with E-state index in [2.05, 4.69) is 16.3 Å². The molecule has 3 aliphatic rings. The number of rotatable bonds is 4. The number of fused-ring (bicyclic) bond motifs is 1. The van der Waals surface area contributed by atoms with Gasteiger partial charge in [-0.05, 0) is 43.7 Å². The van der Waals surface area contributed by atoms with Crippen LogP contribution in [0.3, 0.4) is 0 Å². The predicted molar refractivity (Wildman–Crippen MR) is 93.8 cm³/mol. The molecule has 1 aromatic heterocycles. The van der Waals surface area contributed by atoms with Crippen molar-refractivity contribution in [2.75, 3.05) is 50.1 Å². The highest BCUT2D eigenvalue weighted by molar-refractivity contribution is 6.01. The number of ether oxygens (including phenoxy) is 1. The minimum absolute atomic E-state index is 0.0755. The average Bonchev–Trinajstić information content (AvgIpc) is 3.29. The molecule has 4 rings (SSSR count). The molecule has 0 aromatic carbocycles. The van der Waals surface area contributed by atoms with E-state index in [1.807, 2.05) is 7.05 Å². The number of carbonyl (C=O) groups is 1. The van der Waals surface area contributed by atoms with E-state index >= 15 is 0 Å². The summed E-state index contributed by atoms with van der Waals surface area (Å²) in [5.41, 5.74) is 1.88. The van der Waals surface area contributed by atoms with Gasteiger partial charge >= 0.3 is 0 Å². The summed E-state index contributed by atoms with van der Waals surface area (Å²) in [5, 5.41) is 3.42. The number of nitrogens with one attached hydrogen (secondary N) is 1. The van der Waals surface area contributed by atoms with Crippen LogP contribution in [-0.4, -0.2) is 61.7 Å². The zero-order chi connectivity index (χ0) is 16.5. The molecule has 2 saturated heterocycles. The molecule has 1 atom stereocenters. The fourth-order valence-corrected chi connectivity index (χ4v) is 3.85. The zero-order valence-corrected chi connectivity index (χ0v) is 14.4. The maximum atomic E-state index is 12.7. The first-order chi connectivity index (χ1) is 11.7. The normalized spacial score (nSPS) is 23.7. The molecule has 0 spiro atoms. The fraction of sp³-hybridized carbons (Fsp3) is 0.667. The lowest BCUT2D eigenvalue weighted by Crippen LogP contribution is -2.36. The van der Waals surface area contributed by atoms with Crippen LogP contribution < -0.4 is 10.2 Å². The summed E-state index contributed by atoms with van der Waals surface area (Å²) in [7, 11) is 1.86. The van der Waals surface area contributed by atoms with Crippen LogP contribution >= 0.6 is 0 Å². The van der Waals surface area contributed by atoms with E-state index in [1.54, 1.807) is 4.90 Å². The molecule has 1 unspecified atom stereocenters. The van der Waals surface area contributed by atoms with Gasteiger partial charge in [-0.25, -0.2) is 4.98 Å². The Morgan fingerprint density at radius 3 is 2.88 bits per heavy atom. The van der Waals surface area contributed by atoms with Gasteiger partial charge in [-0.2, -0.15) is 0 Å². The van der Waals surface area contributed by atoms with E-state index in [1.165, 1.54) is 12.8 Å². The van der Waals surface area contributed by atoms with Crippen LogP contribution in [0.1, 0.15) is 41.6 Å². The number of anilines is 2. The molecule has 6 nitrogen and oxygen atoms in total. The molecule has 0 bridgehead atoms. The van der Waals surface area contributed by atoms with Crippen LogP contribution in [0, 0.1) is 0 Å². The zero-order valence-electron chi connectivity index (χ0n) is 14.4. The maximum absolute atomic E-state index is 12.7. The molecule has 3 aliphatic heterocycles. The minimum Gasteiger partial charge on any atom is -0.376 e. The average molecular weight is 330 g/mol. The molecule has 1 N–H and O–H groups in total. The summed E-state index contributed by atoms with van der Waals surface area (Å²) >= 11 is 0. The number of likely N-dealkylation sites (N-methyl/N-ethyl adjacent to an activating group) is 1. The standard InChI is InChI=1S/C18H26N4O2/c1-21-9-6-13-11-15(22-7-2-3-8-22)20-17(16(13)18(21)23)19-12-14-5-4-10-24-14/h11,14H,2-10,12H2,1H3,(H,19,20). The first kappa shape index (κ1) is 15.7. The molecule has 2 fully saturated rings. The van der Waals surface area contributed by atoms with Crippen LogP contribution in [0.2, 0.25) is 0 Å². The van der Waals surface area contributed by atoms with Gasteiger partial charge in [0.2, 0.25) is 0 Å². The molecule has 6 heteroatoms. The third-order valence-corrected chi connectivity index (χ3v) is 5.32. The second-order valence-corrected chi connectivity index (χ2v) is 7.05. The SMILES string of the molecule is CN1CCc2cc(N3CCCC3)nc(NCC3CCCO3)c2C1=O. The van der Waals surface area contributed by atoms with Gasteiger partial charge in [0.15, 0.2) is 0 Å². The number of nitrogens with zero attached hydrogens (tertiary/aromatic N) is 3. The van der Waals surface area contributed by atoms with Gasteiger partial charge in [0.1, 0.15) is 11.6 Å². The van der Waals surface area contributed by atoms with E-state index in [9.17, 15) is 4.79 Å². The third kappa shape index (κ3) is 2.95. The number of hydrogen-bond acceptors (Lipinski definition) is 5. The summed E-state index contributed by atoms with van der Waals surface area (Å²) in [6, 6.07) is 2.13. The second kappa shape index (κ2) is 6.59. The Labute approximate surface area is 143 Å². The van der Waals surface area contributed by atoms with Crippen molar-refractivity contribution in [2.24, 2.45) is 0 Å². The lowest BCUT2D eigenvalue weighted by molar-refractivity contribution is 0.0781. The Morgan fingerprint density at radius 1 is 1.29 bits per heavy atom. The van der Waals surface area contributed by atoms with Gasteiger partial charge < -0.3 is 19.9 Å². The Balaban J connectivity index is 1.64. The van der Waals surface area contributed by atoms with Crippen LogP contribution in [0.4, 0.5) is 11.6 Å². The van der Waals surface area contributed by atoms with E-state index in [-0.39, 0.29) is 12.0 Å². The largest absolute Gasteiger partial charge is 0.376 e. The van der Waals surface area contributed by atoms with Crippen molar-refractivity contribution < 1.29 is 9.53 Å². The van der Waals surface area contributed by atoms with Crippen molar-refractivity contribution >= 4 is 17.5 Å². The minimum atomic E-state index is 0.0755. The number of aromatic nitrogens is 1. The Morgan fingerprint density at radius 2 is 2.12 bits per heavy atom. The topological polar surface area (TPSA) is 57.7 Å². The van der Waals surface area contributed by atoms with Crippen molar-refractivity contribution in [1.29, 1.82) is 0 Å². The molecule has 0 saturated carbocycles. The summed E-state index contributed by atoms with van der Waals surface area (Å²) in [6.07, 6.45) is 5.77. The number of amides is 1. The van der Waals surface area contributed by atoms with Crippen LogP contribution in [-0.2, 0) is 11.2 Å². The summed E-state index contributed by atoms with van der Waals surface area (Å²) in [5.74, 6) is 1.83. The van der Waals surface area contributed by atoms with Gasteiger partial charge in [0.05, 0.1) is 11.7 Å². The lowest BCUT2D eigenvalue weighted by atomic mass is 10.00. The number of hydrogen-bond donors (Lipinski definition) is 1. The summed E-state index contributed by atoms with van der Waals surface area (Å²) in [6.45, 7) is 4.46. The van der Waals surface area contributed by atoms with Crippen LogP contribution in [0.25, 0.3) is 0 Å². The van der Waals surface area contributed by atoms with Crippen molar-refractivity contribution in [3.05, 3.63) is 17.2 Å². The summed E-state index contributed by atoms with van der Waals surface area (Å²) < 4.78 is 5.70. The van der Waals surface area contributed by atoms with E-state index in [4.69, 9.17) is 9.72 Å². The molecule has 0 radical (unpaired) electrons. The van der Waals surface area contributed by atoms with E-state index in [0.717, 1.165) is 74.8 Å². The lowest BCUT2D eigenvalue weighted by Gasteiger charge is -2.28. The first-order valence-electron chi connectivity index (χ1n) is 9.12. The van der Waals surface area contributed by atoms with Crippen molar-refractivity contribution in [3.63, 3.8) is 0 Å². The highest BCUT2D eigenvalue weighted by atomic mass is 16.5. The predicted octanol–water partition coefficient (Wildman–Crippen LogP) is 1.90. The Kier molecular flexibility index (Phi) is 4.31. The molecule has 24 heavy (non-hydrogen) atoms. The highest BCUT2D eigenvalue weighted by Crippen LogP contribution is 2.30. The molecule has 130 valence electrons. The molecule has 1 amide bonds. The fourth-order valence-electron chi connectivity index (χ4n) is 3.85. The van der Waals surface area contributed by atoms with Crippen LogP contribution in [0.15, 0.2) is 6.07 Å². The van der Waals surface area contributed by atoms with Crippen molar-refractivity contribution in [1.82, 2.24) is 9.88 Å². The highest BCUT2D eigenvalue weighted by Gasteiger charge is 2.28. The maximum Gasteiger partial charge on any atom is 0.257 e. The van der Waals surface area contributed by atoms with Gasteiger partial charge in [-0.3, -0.25) is 4.79 Å². The van der Waals surface area contributed by atoms with Crippen molar-refractivity contribution in [3.8, 4) is 0 Å². The quantitative estimate of drug-likeness (QED) is 0.914. The Bertz CT molecular complexity index is 622. The van der Waals surface area contributed by atoms with Gasteiger partial charge in [0, 0.05) is 39.8 Å². The van der Waals surface area contributed by atoms with Gasteiger partial charge in [-0.1, -0.05) is 0 Å². The second-order valence-electron chi connectivity index (χ2n) is 7.05. The molecule has 1 aromatic rings. The first-order valence-corrected chi connectivity index (χ1v) is 9.12. The summed E-state index contributed by atoms with van der Waals surface area (Å²) in [4.78, 5) is 21.6. The van der Waals surface area contributed by atoms with E-state index in [0.29, 0.717) is 0 Å². The molecule has 0 aliphatic carbocycles. The molecular weight excluding hydrogens is 304 g/mol. The van der Waals surface area contributed by atoms with Crippen LogP contribution in [0.5, 0.6) is 0 Å². The van der Waals surface area contributed by atoms with Gasteiger partial charge in [0.25, 0.3) is 5.91 Å². The number of carbonyl (C=O) groups excluding carboxylic acids is 1. The molecular formula is C18H26N4O2. The van der Waals surface area contributed by atoms with Gasteiger partial charge in [-0.15, -0.1) is 0 Å². The smallest absolute Gasteiger partial charge is 0.257 e. The van der Waals surface area contributed by atoms with Crippen molar-refractivity contribution in [2.45, 2.75) is 38.2 Å². The third-order valence-electron chi connectivity index (χ3n) is 5.32. The Hall–Kier alpha value is -1.82. The molecule has 4 heterocycles. The number of pyridine rings is 1. The monoisotopic (exact) mass is 330 g/mol. The van der Waals surface area contributed by atoms with E-state index < -0.39 is 0 Å².